The molecule has 2 N–H and O–H groups in total. The highest BCUT2D eigenvalue weighted by Crippen LogP contribution is 2.31. The first-order chi connectivity index (χ1) is 9.65. The molecule has 0 atom stereocenters. The Balaban J connectivity index is 1.67. The zero-order valence-corrected chi connectivity index (χ0v) is 11.8. The van der Waals surface area contributed by atoms with Crippen LogP contribution >= 0.6 is 0 Å². The lowest BCUT2D eigenvalue weighted by molar-refractivity contribution is 0.00488. The molecule has 0 unspecified atom stereocenters. The molecular weight excluding hydrogens is 250 g/mol. The Bertz CT molecular complexity index is 591. The fourth-order valence-electron chi connectivity index (χ4n) is 2.78. The molecule has 0 aliphatic heterocycles. The monoisotopic (exact) mass is 271 g/mol. The van der Waals surface area contributed by atoms with E-state index in [1.54, 1.807) is 0 Å². The topological polar surface area (TPSA) is 58.0 Å². The van der Waals surface area contributed by atoms with E-state index in [0.29, 0.717) is 12.5 Å². The summed E-state index contributed by atoms with van der Waals surface area (Å²) in [5, 5.41) is 14.8. The van der Waals surface area contributed by atoms with Crippen LogP contribution in [-0.4, -0.2) is 27.2 Å². The van der Waals surface area contributed by atoms with Gasteiger partial charge in [-0.15, -0.1) is 0 Å². The summed E-state index contributed by atoms with van der Waals surface area (Å²) in [6, 6.07) is 7.91. The minimum absolute atomic E-state index is 0.526. The van der Waals surface area contributed by atoms with Gasteiger partial charge in [-0.05, 0) is 37.7 Å². The van der Waals surface area contributed by atoms with Crippen molar-refractivity contribution in [1.82, 2.24) is 9.97 Å². The molecule has 4 heteroatoms. The van der Waals surface area contributed by atoms with Crippen LogP contribution in [-0.2, 0) is 0 Å². The molecule has 1 heterocycles. The molecule has 106 valence electrons. The van der Waals surface area contributed by atoms with Crippen LogP contribution in [0.2, 0.25) is 0 Å². The van der Waals surface area contributed by atoms with E-state index in [1.807, 2.05) is 30.5 Å². The Morgan fingerprint density at radius 1 is 1.30 bits per heavy atom. The number of nitrogens with one attached hydrogen (secondary N) is 1. The average molecular weight is 271 g/mol. The van der Waals surface area contributed by atoms with Gasteiger partial charge < -0.3 is 10.4 Å². The molecular formula is C16H21N3O. The highest BCUT2D eigenvalue weighted by molar-refractivity contribution is 5.78. The zero-order valence-electron chi connectivity index (χ0n) is 11.8. The lowest BCUT2D eigenvalue weighted by Gasteiger charge is -2.34. The van der Waals surface area contributed by atoms with Crippen LogP contribution in [0.15, 0.2) is 30.5 Å². The number of para-hydroxylation sites is 1. The SMILES string of the molecule is CC1CCC(O)(CNc2ncc3ccccc3n2)CC1. The lowest BCUT2D eigenvalue weighted by Crippen LogP contribution is -2.40. The van der Waals surface area contributed by atoms with E-state index < -0.39 is 5.60 Å². The third kappa shape index (κ3) is 2.90. The number of nitrogens with zero attached hydrogens (tertiary/aromatic N) is 2. The molecule has 1 aliphatic rings. The summed E-state index contributed by atoms with van der Waals surface area (Å²) in [5.74, 6) is 1.32. The van der Waals surface area contributed by atoms with Gasteiger partial charge in [-0.25, -0.2) is 9.97 Å². The van der Waals surface area contributed by atoms with Crippen molar-refractivity contribution in [3.05, 3.63) is 30.5 Å². The summed E-state index contributed by atoms with van der Waals surface area (Å²) >= 11 is 0. The molecule has 0 saturated heterocycles. The fourth-order valence-corrected chi connectivity index (χ4v) is 2.78. The molecule has 4 nitrogen and oxygen atoms in total. The summed E-state index contributed by atoms with van der Waals surface area (Å²) in [4.78, 5) is 8.78. The quantitative estimate of drug-likeness (QED) is 0.901. The second-order valence-corrected chi connectivity index (χ2v) is 6.01. The first-order valence-corrected chi connectivity index (χ1v) is 7.33. The molecule has 2 aromatic rings. The molecule has 0 spiro atoms. The predicted octanol–water partition coefficient (Wildman–Crippen LogP) is 2.98. The van der Waals surface area contributed by atoms with E-state index >= 15 is 0 Å². The number of rotatable bonds is 3. The molecule has 0 radical (unpaired) electrons. The van der Waals surface area contributed by atoms with E-state index in [1.165, 1.54) is 0 Å². The van der Waals surface area contributed by atoms with Crippen molar-refractivity contribution in [2.75, 3.05) is 11.9 Å². The molecule has 1 aromatic carbocycles. The maximum Gasteiger partial charge on any atom is 0.223 e. The van der Waals surface area contributed by atoms with E-state index in [9.17, 15) is 5.11 Å². The largest absolute Gasteiger partial charge is 0.388 e. The lowest BCUT2D eigenvalue weighted by atomic mass is 9.79. The first-order valence-electron chi connectivity index (χ1n) is 7.33. The van der Waals surface area contributed by atoms with Crippen LogP contribution in [0, 0.1) is 5.92 Å². The highest BCUT2D eigenvalue weighted by atomic mass is 16.3. The minimum atomic E-state index is -0.610. The standard InChI is InChI=1S/C16H21N3O/c1-12-6-8-16(20,9-7-12)11-18-15-17-10-13-4-2-3-5-14(13)19-15/h2-5,10,12,20H,6-9,11H2,1H3,(H,17,18,19). The van der Waals surface area contributed by atoms with Crippen molar-refractivity contribution in [2.24, 2.45) is 5.92 Å². The first kappa shape index (κ1) is 13.3. The van der Waals surface area contributed by atoms with Crippen molar-refractivity contribution in [2.45, 2.75) is 38.2 Å². The number of anilines is 1. The zero-order chi connectivity index (χ0) is 14.0. The van der Waals surface area contributed by atoms with Crippen molar-refractivity contribution in [3.63, 3.8) is 0 Å². The summed E-state index contributed by atoms with van der Waals surface area (Å²) in [6.07, 6.45) is 5.72. The van der Waals surface area contributed by atoms with Crippen LogP contribution < -0.4 is 5.32 Å². The summed E-state index contributed by atoms with van der Waals surface area (Å²) in [6.45, 7) is 2.78. The van der Waals surface area contributed by atoms with Crippen molar-refractivity contribution in [1.29, 1.82) is 0 Å². The number of fused-ring (bicyclic) bond motifs is 1. The third-order valence-corrected chi connectivity index (χ3v) is 4.27. The van der Waals surface area contributed by atoms with E-state index in [4.69, 9.17) is 0 Å². The summed E-state index contributed by atoms with van der Waals surface area (Å²) < 4.78 is 0. The van der Waals surface area contributed by atoms with Crippen LogP contribution in [0.25, 0.3) is 10.9 Å². The number of aliphatic hydroxyl groups is 1. The molecule has 0 amide bonds. The van der Waals surface area contributed by atoms with E-state index in [-0.39, 0.29) is 0 Å². The summed E-state index contributed by atoms with van der Waals surface area (Å²) in [5.41, 5.74) is 0.316. The fraction of sp³-hybridized carbons (Fsp3) is 0.500. The van der Waals surface area contributed by atoms with Crippen LogP contribution in [0.1, 0.15) is 32.6 Å². The van der Waals surface area contributed by atoms with Crippen molar-refractivity contribution in [3.8, 4) is 0 Å². The molecule has 1 fully saturated rings. The van der Waals surface area contributed by atoms with Gasteiger partial charge in [0.25, 0.3) is 0 Å². The van der Waals surface area contributed by atoms with Gasteiger partial charge in [-0.2, -0.15) is 0 Å². The Morgan fingerprint density at radius 3 is 2.85 bits per heavy atom. The molecule has 20 heavy (non-hydrogen) atoms. The van der Waals surface area contributed by atoms with Crippen LogP contribution in [0.4, 0.5) is 5.95 Å². The third-order valence-electron chi connectivity index (χ3n) is 4.27. The number of hydrogen-bond donors (Lipinski definition) is 2. The van der Waals surface area contributed by atoms with E-state index in [2.05, 4.69) is 22.2 Å². The Hall–Kier alpha value is -1.68. The van der Waals surface area contributed by atoms with Gasteiger partial charge in [-0.1, -0.05) is 25.1 Å². The van der Waals surface area contributed by atoms with Gasteiger partial charge in [0.05, 0.1) is 11.1 Å². The van der Waals surface area contributed by atoms with Gasteiger partial charge in [-0.3, -0.25) is 0 Å². The van der Waals surface area contributed by atoms with Gasteiger partial charge in [0.15, 0.2) is 0 Å². The van der Waals surface area contributed by atoms with Gasteiger partial charge in [0, 0.05) is 18.1 Å². The maximum absolute atomic E-state index is 10.5. The molecule has 1 saturated carbocycles. The number of hydrogen-bond acceptors (Lipinski definition) is 4. The van der Waals surface area contributed by atoms with Crippen LogP contribution in [0.5, 0.6) is 0 Å². The van der Waals surface area contributed by atoms with Gasteiger partial charge >= 0.3 is 0 Å². The molecule has 0 bridgehead atoms. The molecule has 1 aromatic heterocycles. The van der Waals surface area contributed by atoms with Crippen molar-refractivity contribution >= 4 is 16.9 Å². The smallest absolute Gasteiger partial charge is 0.223 e. The number of benzene rings is 1. The van der Waals surface area contributed by atoms with Crippen molar-refractivity contribution < 1.29 is 5.11 Å². The van der Waals surface area contributed by atoms with Crippen LogP contribution in [0.3, 0.4) is 0 Å². The Labute approximate surface area is 119 Å². The minimum Gasteiger partial charge on any atom is -0.388 e. The maximum atomic E-state index is 10.5. The summed E-state index contributed by atoms with van der Waals surface area (Å²) in [7, 11) is 0. The average Bonchev–Trinajstić information content (AvgIpc) is 2.48. The second-order valence-electron chi connectivity index (χ2n) is 6.01. The Morgan fingerprint density at radius 2 is 2.05 bits per heavy atom. The van der Waals surface area contributed by atoms with Gasteiger partial charge in [0.2, 0.25) is 5.95 Å². The Kier molecular flexibility index (Phi) is 3.57. The predicted molar refractivity (Wildman–Crippen MR) is 80.6 cm³/mol. The normalized spacial score (nSPS) is 26.6. The molecule has 3 rings (SSSR count). The number of aromatic nitrogens is 2. The molecule has 1 aliphatic carbocycles. The van der Waals surface area contributed by atoms with E-state index in [0.717, 1.165) is 42.5 Å². The van der Waals surface area contributed by atoms with Gasteiger partial charge in [0.1, 0.15) is 0 Å². The highest BCUT2D eigenvalue weighted by Gasteiger charge is 2.31. The second kappa shape index (κ2) is 5.37.